The minimum absolute atomic E-state index is 0.0273. The summed E-state index contributed by atoms with van der Waals surface area (Å²) in [4.78, 5) is 0. The van der Waals surface area contributed by atoms with Crippen LogP contribution in [0.2, 0.25) is 0 Å². The van der Waals surface area contributed by atoms with Gasteiger partial charge in [-0.2, -0.15) is 5.26 Å². The Hall–Kier alpha value is -1.47. The smallest absolute Gasteiger partial charge is 0.130 e. The van der Waals surface area contributed by atoms with Crippen molar-refractivity contribution in [3.63, 3.8) is 0 Å². The van der Waals surface area contributed by atoms with Crippen LogP contribution in [-0.2, 0) is 0 Å². The van der Waals surface area contributed by atoms with Crippen molar-refractivity contribution >= 4 is 0 Å². The summed E-state index contributed by atoms with van der Waals surface area (Å²) in [5.74, 6) is -1.10. The Morgan fingerprint density at radius 3 is 2.63 bits per heavy atom. The van der Waals surface area contributed by atoms with Gasteiger partial charge < -0.3 is 5.32 Å². The van der Waals surface area contributed by atoms with E-state index >= 15 is 0 Å². The van der Waals surface area contributed by atoms with Gasteiger partial charge in [-0.1, -0.05) is 19.9 Å². The molecule has 0 heterocycles. The maximum atomic E-state index is 13.6. The highest BCUT2D eigenvalue weighted by atomic mass is 19.1. The van der Waals surface area contributed by atoms with Gasteiger partial charge in [0.05, 0.1) is 6.07 Å². The average Bonchev–Trinajstić information content (AvgIpc) is 2.34. The third-order valence-electron chi connectivity index (χ3n) is 3.23. The molecule has 0 fully saturated rings. The number of halogens is 2. The Morgan fingerprint density at radius 2 is 2.05 bits per heavy atom. The van der Waals surface area contributed by atoms with E-state index in [1.165, 1.54) is 12.1 Å². The highest BCUT2D eigenvalue weighted by Crippen LogP contribution is 2.23. The van der Waals surface area contributed by atoms with Crippen LogP contribution in [0.25, 0.3) is 0 Å². The molecule has 0 amide bonds. The fourth-order valence-corrected chi connectivity index (χ4v) is 1.87. The first-order chi connectivity index (χ1) is 8.85. The summed E-state index contributed by atoms with van der Waals surface area (Å²) in [6.45, 7) is 6.64. The first-order valence-electron chi connectivity index (χ1n) is 6.41. The largest absolute Gasteiger partial charge is 0.310 e. The summed E-state index contributed by atoms with van der Waals surface area (Å²) >= 11 is 0. The molecule has 0 saturated heterocycles. The lowest BCUT2D eigenvalue weighted by molar-refractivity contribution is 0.303. The number of rotatable bonds is 6. The second-order valence-electron chi connectivity index (χ2n) is 5.59. The summed E-state index contributed by atoms with van der Waals surface area (Å²) in [6.07, 6.45) is 1.29. The highest BCUT2D eigenvalue weighted by Gasteiger charge is 2.19. The molecule has 0 bridgehead atoms. The molecule has 0 aliphatic carbocycles. The maximum Gasteiger partial charge on any atom is 0.130 e. The number of hydrogen-bond acceptors (Lipinski definition) is 2. The van der Waals surface area contributed by atoms with E-state index in [2.05, 4.69) is 25.2 Å². The van der Waals surface area contributed by atoms with Crippen LogP contribution >= 0.6 is 0 Å². The average molecular weight is 266 g/mol. The van der Waals surface area contributed by atoms with Crippen LogP contribution in [0.5, 0.6) is 0 Å². The molecule has 1 rings (SSSR count). The van der Waals surface area contributed by atoms with Crippen LogP contribution in [0.3, 0.4) is 0 Å². The van der Waals surface area contributed by atoms with Gasteiger partial charge >= 0.3 is 0 Å². The van der Waals surface area contributed by atoms with Gasteiger partial charge in [-0.05, 0) is 24.8 Å². The standard InChI is InChI=1S/C15H20F2N2/c1-11(13-6-5-12(16)9-14(13)17)19-10-15(2,3)7-4-8-18/h5-6,9,11,19H,4,7,10H2,1-3H3. The van der Waals surface area contributed by atoms with Crippen LogP contribution in [0.15, 0.2) is 18.2 Å². The minimum Gasteiger partial charge on any atom is -0.310 e. The molecular weight excluding hydrogens is 246 g/mol. The molecule has 1 unspecified atom stereocenters. The summed E-state index contributed by atoms with van der Waals surface area (Å²) in [5, 5.41) is 11.8. The molecule has 0 spiro atoms. The van der Waals surface area contributed by atoms with Gasteiger partial charge in [0.25, 0.3) is 0 Å². The molecule has 0 aliphatic rings. The number of benzene rings is 1. The van der Waals surface area contributed by atoms with Gasteiger partial charge in [-0.3, -0.25) is 0 Å². The fourth-order valence-electron chi connectivity index (χ4n) is 1.87. The first kappa shape index (κ1) is 15.6. The molecule has 1 aromatic rings. The van der Waals surface area contributed by atoms with Gasteiger partial charge in [0.2, 0.25) is 0 Å². The molecule has 19 heavy (non-hydrogen) atoms. The van der Waals surface area contributed by atoms with Crippen molar-refractivity contribution in [2.24, 2.45) is 5.41 Å². The van der Waals surface area contributed by atoms with Crippen LogP contribution in [0.1, 0.15) is 45.2 Å². The van der Waals surface area contributed by atoms with Crippen molar-refractivity contribution in [3.8, 4) is 6.07 Å². The molecular formula is C15H20F2N2. The van der Waals surface area contributed by atoms with Crippen molar-refractivity contribution in [1.29, 1.82) is 5.26 Å². The van der Waals surface area contributed by atoms with E-state index in [-0.39, 0.29) is 11.5 Å². The van der Waals surface area contributed by atoms with Gasteiger partial charge in [0.15, 0.2) is 0 Å². The van der Waals surface area contributed by atoms with Crippen LogP contribution in [-0.4, -0.2) is 6.54 Å². The third-order valence-corrected chi connectivity index (χ3v) is 3.23. The van der Waals surface area contributed by atoms with Crippen molar-refractivity contribution in [1.82, 2.24) is 5.32 Å². The van der Waals surface area contributed by atoms with E-state index in [0.717, 1.165) is 12.5 Å². The molecule has 2 nitrogen and oxygen atoms in total. The number of nitriles is 1. The molecule has 4 heteroatoms. The topological polar surface area (TPSA) is 35.8 Å². The van der Waals surface area contributed by atoms with Gasteiger partial charge in [0, 0.05) is 30.6 Å². The maximum absolute atomic E-state index is 13.6. The highest BCUT2D eigenvalue weighted by molar-refractivity contribution is 5.21. The zero-order chi connectivity index (χ0) is 14.5. The monoisotopic (exact) mass is 266 g/mol. The van der Waals surface area contributed by atoms with E-state index in [1.54, 1.807) is 0 Å². The quantitative estimate of drug-likeness (QED) is 0.846. The zero-order valence-corrected chi connectivity index (χ0v) is 11.6. The van der Waals surface area contributed by atoms with E-state index in [1.807, 2.05) is 6.92 Å². The normalized spacial score (nSPS) is 13.1. The first-order valence-corrected chi connectivity index (χ1v) is 6.41. The lowest BCUT2D eigenvalue weighted by Gasteiger charge is -2.26. The Morgan fingerprint density at radius 1 is 1.37 bits per heavy atom. The van der Waals surface area contributed by atoms with Crippen molar-refractivity contribution in [2.45, 2.75) is 39.7 Å². The van der Waals surface area contributed by atoms with Gasteiger partial charge in [-0.25, -0.2) is 8.78 Å². The second kappa shape index (κ2) is 6.63. The summed E-state index contributed by atoms with van der Waals surface area (Å²) in [5.41, 5.74) is 0.429. The molecule has 0 aromatic heterocycles. The molecule has 1 aromatic carbocycles. The van der Waals surface area contributed by atoms with E-state index < -0.39 is 11.6 Å². The minimum atomic E-state index is -0.567. The molecule has 104 valence electrons. The van der Waals surface area contributed by atoms with E-state index in [0.29, 0.717) is 18.5 Å². The summed E-state index contributed by atoms with van der Waals surface area (Å²) in [6, 6.07) is 5.56. The molecule has 0 radical (unpaired) electrons. The zero-order valence-electron chi connectivity index (χ0n) is 11.6. The fraction of sp³-hybridized carbons (Fsp3) is 0.533. The Kier molecular flexibility index (Phi) is 5.44. The Labute approximate surface area is 113 Å². The van der Waals surface area contributed by atoms with Crippen LogP contribution < -0.4 is 5.32 Å². The van der Waals surface area contributed by atoms with Crippen LogP contribution in [0.4, 0.5) is 8.78 Å². The molecule has 1 atom stereocenters. The van der Waals surface area contributed by atoms with Gasteiger partial charge in [0.1, 0.15) is 11.6 Å². The van der Waals surface area contributed by atoms with Crippen molar-refractivity contribution < 1.29 is 8.78 Å². The van der Waals surface area contributed by atoms with E-state index in [4.69, 9.17) is 5.26 Å². The summed E-state index contributed by atoms with van der Waals surface area (Å²) < 4.78 is 26.4. The number of hydrogen-bond donors (Lipinski definition) is 1. The summed E-state index contributed by atoms with van der Waals surface area (Å²) in [7, 11) is 0. The SMILES string of the molecule is CC(NCC(C)(C)CCC#N)c1ccc(F)cc1F. The van der Waals surface area contributed by atoms with Crippen molar-refractivity contribution in [2.75, 3.05) is 6.54 Å². The Bertz CT molecular complexity index is 464. The molecule has 0 saturated carbocycles. The lowest BCUT2D eigenvalue weighted by atomic mass is 9.87. The van der Waals surface area contributed by atoms with Crippen LogP contribution in [0, 0.1) is 28.4 Å². The Balaban J connectivity index is 2.60. The predicted octanol–water partition coefficient (Wildman–Crippen LogP) is 3.95. The van der Waals surface area contributed by atoms with Crippen molar-refractivity contribution in [3.05, 3.63) is 35.4 Å². The third kappa shape index (κ3) is 4.96. The lowest BCUT2D eigenvalue weighted by Crippen LogP contribution is -2.31. The van der Waals surface area contributed by atoms with Gasteiger partial charge in [-0.15, -0.1) is 0 Å². The second-order valence-corrected chi connectivity index (χ2v) is 5.59. The van der Waals surface area contributed by atoms with E-state index in [9.17, 15) is 8.78 Å². The number of nitrogens with zero attached hydrogens (tertiary/aromatic N) is 1. The number of nitrogens with one attached hydrogen (secondary N) is 1. The molecule has 0 aliphatic heterocycles. The predicted molar refractivity (Wildman–Crippen MR) is 71.4 cm³/mol. The molecule has 1 N–H and O–H groups in total.